The first-order chi connectivity index (χ1) is 8.54. The van der Waals surface area contributed by atoms with Crippen LogP contribution >= 0.6 is 15.9 Å². The molecule has 0 radical (unpaired) electrons. The van der Waals surface area contributed by atoms with Crippen molar-refractivity contribution in [2.45, 2.75) is 13.3 Å². The molecule has 0 aliphatic rings. The monoisotopic (exact) mass is 313 g/mol. The maximum atomic E-state index is 11.7. The largest absolute Gasteiger partial charge is 0.398 e. The second-order valence-corrected chi connectivity index (χ2v) is 4.62. The fraction of sp³-hybridized carbons (Fsp3) is 0.333. The molecule has 5 nitrogen and oxygen atoms in total. The van der Waals surface area contributed by atoms with E-state index in [9.17, 15) is 9.59 Å². The smallest absolute Gasteiger partial charge is 0.251 e. The highest BCUT2D eigenvalue weighted by Crippen LogP contribution is 2.19. The van der Waals surface area contributed by atoms with Gasteiger partial charge in [0.15, 0.2) is 0 Å². The van der Waals surface area contributed by atoms with Crippen LogP contribution in [-0.2, 0) is 4.79 Å². The molecule has 0 fully saturated rings. The molecule has 0 bridgehead atoms. The van der Waals surface area contributed by atoms with E-state index in [0.29, 0.717) is 17.8 Å². The molecule has 6 heteroatoms. The number of hydrogen-bond acceptors (Lipinski definition) is 3. The van der Waals surface area contributed by atoms with E-state index in [1.165, 1.54) is 0 Å². The third-order valence-electron chi connectivity index (χ3n) is 2.24. The number of nitrogens with one attached hydrogen (secondary N) is 2. The van der Waals surface area contributed by atoms with Crippen LogP contribution < -0.4 is 16.4 Å². The van der Waals surface area contributed by atoms with Crippen LogP contribution in [0.4, 0.5) is 5.69 Å². The van der Waals surface area contributed by atoms with Crippen molar-refractivity contribution in [3.05, 3.63) is 28.2 Å². The third-order valence-corrected chi connectivity index (χ3v) is 2.96. The Bertz CT molecular complexity index is 449. The second kappa shape index (κ2) is 7.00. The van der Waals surface area contributed by atoms with Gasteiger partial charge in [-0.25, -0.2) is 0 Å². The maximum Gasteiger partial charge on any atom is 0.251 e. The topological polar surface area (TPSA) is 84.2 Å². The quantitative estimate of drug-likeness (QED) is 0.716. The minimum absolute atomic E-state index is 0.0329. The normalized spacial score (nSPS) is 9.89. The fourth-order valence-corrected chi connectivity index (χ4v) is 1.52. The predicted molar refractivity (Wildman–Crippen MR) is 74.2 cm³/mol. The molecular weight excluding hydrogens is 298 g/mol. The minimum atomic E-state index is -0.319. The van der Waals surface area contributed by atoms with E-state index in [1.54, 1.807) is 18.2 Å². The average Bonchev–Trinajstić information content (AvgIpc) is 2.36. The molecule has 4 N–H and O–H groups in total. The molecule has 1 rings (SSSR count). The molecule has 0 aromatic heterocycles. The molecule has 0 spiro atoms. The van der Waals surface area contributed by atoms with Gasteiger partial charge in [0, 0.05) is 22.3 Å². The summed E-state index contributed by atoms with van der Waals surface area (Å²) in [4.78, 5) is 23.0. The zero-order chi connectivity index (χ0) is 13.5. The second-order valence-electron chi connectivity index (χ2n) is 3.77. The Labute approximate surface area is 114 Å². The molecule has 0 aliphatic carbocycles. The molecule has 0 aliphatic heterocycles. The zero-order valence-corrected chi connectivity index (χ0v) is 11.7. The van der Waals surface area contributed by atoms with Crippen LogP contribution in [0.15, 0.2) is 22.7 Å². The number of anilines is 1. The van der Waals surface area contributed by atoms with E-state index in [-0.39, 0.29) is 18.4 Å². The molecule has 98 valence electrons. The Balaban J connectivity index is 2.50. The van der Waals surface area contributed by atoms with Crippen molar-refractivity contribution in [3.63, 3.8) is 0 Å². The molecule has 1 aromatic carbocycles. The number of nitrogen functional groups attached to an aromatic ring is 1. The Hall–Kier alpha value is -1.56. The van der Waals surface area contributed by atoms with Crippen LogP contribution in [0.3, 0.4) is 0 Å². The highest BCUT2D eigenvalue weighted by atomic mass is 79.9. The lowest BCUT2D eigenvalue weighted by Crippen LogP contribution is -2.37. The standard InChI is InChI=1S/C12H16BrN3O2/c1-2-5-15-11(17)7-16-12(18)8-3-4-9(13)10(14)6-8/h3-4,6H,2,5,7,14H2,1H3,(H,15,17)(H,16,18). The summed E-state index contributed by atoms with van der Waals surface area (Å²) >= 11 is 3.25. The molecule has 2 amide bonds. The van der Waals surface area contributed by atoms with Gasteiger partial charge in [0.05, 0.1) is 6.54 Å². The molecule has 18 heavy (non-hydrogen) atoms. The molecule has 0 atom stereocenters. The number of amides is 2. The van der Waals surface area contributed by atoms with E-state index in [1.807, 2.05) is 6.92 Å². The fourth-order valence-electron chi connectivity index (χ4n) is 1.27. The molecule has 0 unspecified atom stereocenters. The van der Waals surface area contributed by atoms with Crippen LogP contribution in [-0.4, -0.2) is 24.9 Å². The molecule has 0 heterocycles. The van der Waals surface area contributed by atoms with Gasteiger partial charge >= 0.3 is 0 Å². The van der Waals surface area contributed by atoms with Crippen molar-refractivity contribution >= 4 is 33.4 Å². The Morgan fingerprint density at radius 3 is 2.67 bits per heavy atom. The maximum absolute atomic E-state index is 11.7. The Morgan fingerprint density at radius 1 is 1.33 bits per heavy atom. The van der Waals surface area contributed by atoms with Crippen molar-refractivity contribution in [2.24, 2.45) is 0 Å². The summed E-state index contributed by atoms with van der Waals surface area (Å²) < 4.78 is 0.736. The lowest BCUT2D eigenvalue weighted by Gasteiger charge is -2.07. The van der Waals surface area contributed by atoms with Gasteiger partial charge in [0.2, 0.25) is 5.91 Å². The number of hydrogen-bond donors (Lipinski definition) is 3. The molecule has 1 aromatic rings. The van der Waals surface area contributed by atoms with Gasteiger partial charge in [-0.3, -0.25) is 9.59 Å². The van der Waals surface area contributed by atoms with E-state index in [0.717, 1.165) is 10.9 Å². The van der Waals surface area contributed by atoms with Gasteiger partial charge in [-0.1, -0.05) is 6.92 Å². The molecule has 0 saturated carbocycles. The van der Waals surface area contributed by atoms with Gasteiger partial charge in [0.25, 0.3) is 5.91 Å². The van der Waals surface area contributed by atoms with Crippen LogP contribution in [0.2, 0.25) is 0 Å². The molecular formula is C12H16BrN3O2. The van der Waals surface area contributed by atoms with E-state index in [4.69, 9.17) is 5.73 Å². The summed E-state index contributed by atoms with van der Waals surface area (Å²) in [5.74, 6) is -0.517. The van der Waals surface area contributed by atoms with E-state index < -0.39 is 0 Å². The summed E-state index contributed by atoms with van der Waals surface area (Å²) in [6.07, 6.45) is 0.864. The third kappa shape index (κ3) is 4.37. The van der Waals surface area contributed by atoms with Crippen molar-refractivity contribution < 1.29 is 9.59 Å². The van der Waals surface area contributed by atoms with Crippen molar-refractivity contribution in [2.75, 3.05) is 18.8 Å². The minimum Gasteiger partial charge on any atom is -0.398 e. The van der Waals surface area contributed by atoms with Gasteiger partial charge in [-0.15, -0.1) is 0 Å². The number of carbonyl (C=O) groups excluding carboxylic acids is 2. The summed E-state index contributed by atoms with van der Waals surface area (Å²) in [5, 5.41) is 5.21. The summed E-state index contributed by atoms with van der Waals surface area (Å²) in [7, 11) is 0. The number of nitrogens with two attached hydrogens (primary N) is 1. The first-order valence-electron chi connectivity index (χ1n) is 5.64. The van der Waals surface area contributed by atoms with Crippen molar-refractivity contribution in [3.8, 4) is 0 Å². The van der Waals surface area contributed by atoms with Gasteiger partial charge < -0.3 is 16.4 Å². The predicted octanol–water partition coefficient (Wildman–Crippen LogP) is 1.29. The first-order valence-corrected chi connectivity index (χ1v) is 6.43. The van der Waals surface area contributed by atoms with Crippen LogP contribution in [0, 0.1) is 0 Å². The highest BCUT2D eigenvalue weighted by molar-refractivity contribution is 9.10. The van der Waals surface area contributed by atoms with E-state index in [2.05, 4.69) is 26.6 Å². The molecule has 0 saturated heterocycles. The summed E-state index contributed by atoms with van der Waals surface area (Å²) in [5.41, 5.74) is 6.59. The summed E-state index contributed by atoms with van der Waals surface area (Å²) in [6.45, 7) is 2.54. The van der Waals surface area contributed by atoms with E-state index >= 15 is 0 Å². The van der Waals surface area contributed by atoms with Gasteiger partial charge in [-0.05, 0) is 40.5 Å². The highest BCUT2D eigenvalue weighted by Gasteiger charge is 2.08. The van der Waals surface area contributed by atoms with Gasteiger partial charge in [-0.2, -0.15) is 0 Å². The number of rotatable bonds is 5. The van der Waals surface area contributed by atoms with Crippen LogP contribution in [0.25, 0.3) is 0 Å². The van der Waals surface area contributed by atoms with Crippen LogP contribution in [0.1, 0.15) is 23.7 Å². The number of benzene rings is 1. The van der Waals surface area contributed by atoms with Gasteiger partial charge in [0.1, 0.15) is 0 Å². The average molecular weight is 314 g/mol. The zero-order valence-electron chi connectivity index (χ0n) is 10.1. The lowest BCUT2D eigenvalue weighted by atomic mass is 10.2. The SMILES string of the molecule is CCCNC(=O)CNC(=O)c1ccc(Br)c(N)c1. The van der Waals surface area contributed by atoms with Crippen LogP contribution in [0.5, 0.6) is 0 Å². The lowest BCUT2D eigenvalue weighted by molar-refractivity contribution is -0.120. The number of halogens is 1. The first kappa shape index (κ1) is 14.5. The van der Waals surface area contributed by atoms with Crippen molar-refractivity contribution in [1.29, 1.82) is 0 Å². The summed E-state index contributed by atoms with van der Waals surface area (Å²) in [6, 6.07) is 4.89. The Kier molecular flexibility index (Phi) is 5.64. The van der Waals surface area contributed by atoms with Crippen molar-refractivity contribution in [1.82, 2.24) is 10.6 Å². The number of carbonyl (C=O) groups is 2. The Morgan fingerprint density at radius 2 is 2.06 bits per heavy atom.